The molecule has 0 saturated heterocycles. The molecule has 8 nitrogen and oxygen atoms in total. The van der Waals surface area contributed by atoms with Gasteiger partial charge in [0, 0.05) is 22.9 Å². The van der Waals surface area contributed by atoms with Crippen LogP contribution in [0.4, 0.5) is 0 Å². The van der Waals surface area contributed by atoms with E-state index < -0.39 is 23.8 Å². The number of ketones is 1. The summed E-state index contributed by atoms with van der Waals surface area (Å²) in [5.41, 5.74) is 2.68. The fourth-order valence-corrected chi connectivity index (χ4v) is 4.70. The number of rotatable bonds is 7. The van der Waals surface area contributed by atoms with Crippen molar-refractivity contribution >= 4 is 17.7 Å². The van der Waals surface area contributed by atoms with Gasteiger partial charge >= 0.3 is 11.9 Å². The van der Waals surface area contributed by atoms with Crippen molar-refractivity contribution in [1.29, 1.82) is 0 Å². The van der Waals surface area contributed by atoms with Gasteiger partial charge in [-0.3, -0.25) is 9.59 Å². The van der Waals surface area contributed by atoms with Crippen LogP contribution in [0.3, 0.4) is 0 Å². The molecule has 0 bridgehead atoms. The van der Waals surface area contributed by atoms with Gasteiger partial charge in [-0.15, -0.1) is 0 Å². The Labute approximate surface area is 200 Å². The number of carbonyl (C=O) groups excluding carboxylic acids is 3. The third kappa shape index (κ3) is 4.67. The first-order valence-electron chi connectivity index (χ1n) is 11.5. The third-order valence-corrected chi connectivity index (χ3v) is 6.13. The average Bonchev–Trinajstić information content (AvgIpc) is 2.77. The molecule has 0 amide bonds. The molecule has 1 N–H and O–H groups in total. The largest absolute Gasteiger partial charge is 0.493 e. The monoisotopic (exact) mass is 471 g/mol. The minimum atomic E-state index is -0.946. The highest BCUT2D eigenvalue weighted by Crippen LogP contribution is 2.46. The van der Waals surface area contributed by atoms with Crippen molar-refractivity contribution in [2.45, 2.75) is 53.1 Å². The van der Waals surface area contributed by atoms with Gasteiger partial charge in [0.2, 0.25) is 0 Å². The standard InChI is InChI=1S/C26H33NO7/c1-8-33-18-10-9-16(12-19(18)31-6)22-21(26(30)34-13(2)3)15(5)27-17-11-14(4)20(25(29)32-7)24(28)23(17)22/h9-10,12-14,20,22,27H,8,11H2,1-7H3/t14-,20+,22+/m0/s1. The van der Waals surface area contributed by atoms with Crippen LogP contribution in [-0.2, 0) is 23.9 Å². The zero-order valence-electron chi connectivity index (χ0n) is 20.8. The number of hydrogen-bond acceptors (Lipinski definition) is 8. The Morgan fingerprint density at radius 1 is 1.18 bits per heavy atom. The van der Waals surface area contributed by atoms with E-state index in [0.717, 1.165) is 0 Å². The molecule has 1 aromatic carbocycles. The normalized spacial score (nSPS) is 22.2. The van der Waals surface area contributed by atoms with E-state index in [0.29, 0.717) is 52.6 Å². The van der Waals surface area contributed by atoms with Crippen LogP contribution in [0, 0.1) is 11.8 Å². The summed E-state index contributed by atoms with van der Waals surface area (Å²) in [5, 5.41) is 3.25. The second-order valence-corrected chi connectivity index (χ2v) is 8.83. The molecule has 1 aliphatic heterocycles. The molecule has 184 valence electrons. The van der Waals surface area contributed by atoms with Gasteiger partial charge in [-0.25, -0.2) is 4.79 Å². The summed E-state index contributed by atoms with van der Waals surface area (Å²) in [6, 6.07) is 5.33. The molecule has 1 aliphatic carbocycles. The van der Waals surface area contributed by atoms with E-state index in [9.17, 15) is 14.4 Å². The maximum Gasteiger partial charge on any atom is 0.337 e. The van der Waals surface area contributed by atoms with Crippen molar-refractivity contribution in [2.75, 3.05) is 20.8 Å². The molecule has 0 radical (unpaired) electrons. The fraction of sp³-hybridized carbons (Fsp3) is 0.500. The lowest BCUT2D eigenvalue weighted by Crippen LogP contribution is -2.43. The Balaban J connectivity index is 2.22. The van der Waals surface area contributed by atoms with E-state index in [-0.39, 0.29) is 17.8 Å². The van der Waals surface area contributed by atoms with Gasteiger partial charge in [-0.1, -0.05) is 13.0 Å². The van der Waals surface area contributed by atoms with Crippen molar-refractivity contribution in [2.24, 2.45) is 11.8 Å². The Morgan fingerprint density at radius 3 is 2.47 bits per heavy atom. The highest BCUT2D eigenvalue weighted by molar-refractivity contribution is 6.12. The highest BCUT2D eigenvalue weighted by atomic mass is 16.5. The molecule has 1 heterocycles. The molecular formula is C26H33NO7. The fourth-order valence-electron chi connectivity index (χ4n) is 4.70. The molecule has 2 aliphatic rings. The van der Waals surface area contributed by atoms with Crippen LogP contribution in [0.15, 0.2) is 40.7 Å². The lowest BCUT2D eigenvalue weighted by atomic mass is 9.69. The molecule has 0 unspecified atom stereocenters. The number of Topliss-reactive ketones (excluding diaryl/α,β-unsaturated/α-hetero) is 1. The van der Waals surface area contributed by atoms with E-state index >= 15 is 0 Å². The molecule has 0 saturated carbocycles. The van der Waals surface area contributed by atoms with Crippen LogP contribution in [0.5, 0.6) is 11.5 Å². The predicted molar refractivity (Wildman–Crippen MR) is 125 cm³/mol. The smallest absolute Gasteiger partial charge is 0.337 e. The van der Waals surface area contributed by atoms with Crippen molar-refractivity contribution < 1.29 is 33.3 Å². The Bertz CT molecular complexity index is 1050. The number of carbonyl (C=O) groups is 3. The molecule has 1 aromatic rings. The Morgan fingerprint density at radius 2 is 1.88 bits per heavy atom. The second kappa shape index (κ2) is 10.3. The lowest BCUT2D eigenvalue weighted by Gasteiger charge is -2.38. The highest BCUT2D eigenvalue weighted by Gasteiger charge is 2.47. The molecule has 8 heteroatoms. The summed E-state index contributed by atoms with van der Waals surface area (Å²) >= 11 is 0. The SMILES string of the molecule is CCOc1ccc([C@@H]2C(C(=O)OC(C)C)=C(C)NC3=C2C(=O)[C@H](C(=O)OC)[C@@H](C)C3)cc1OC. The third-order valence-electron chi connectivity index (χ3n) is 6.13. The van der Waals surface area contributed by atoms with Crippen molar-refractivity contribution in [1.82, 2.24) is 5.32 Å². The molecule has 34 heavy (non-hydrogen) atoms. The summed E-state index contributed by atoms with van der Waals surface area (Å²) in [4.78, 5) is 39.5. The van der Waals surface area contributed by atoms with Gasteiger partial charge in [0.15, 0.2) is 17.3 Å². The van der Waals surface area contributed by atoms with Crippen LogP contribution in [0.1, 0.15) is 52.5 Å². The summed E-state index contributed by atoms with van der Waals surface area (Å²) in [5.74, 6) is -2.35. The van der Waals surface area contributed by atoms with Gasteiger partial charge in [0.1, 0.15) is 5.92 Å². The van der Waals surface area contributed by atoms with Crippen molar-refractivity contribution in [3.63, 3.8) is 0 Å². The number of benzene rings is 1. The lowest BCUT2D eigenvalue weighted by molar-refractivity contribution is -0.151. The van der Waals surface area contributed by atoms with E-state index in [4.69, 9.17) is 18.9 Å². The number of esters is 2. The molecule has 3 atom stereocenters. The quantitative estimate of drug-likeness (QED) is 0.475. The topological polar surface area (TPSA) is 100 Å². The van der Waals surface area contributed by atoms with Crippen LogP contribution in [0.25, 0.3) is 0 Å². The zero-order chi connectivity index (χ0) is 25.2. The van der Waals surface area contributed by atoms with Gasteiger partial charge in [-0.05, 0) is 57.7 Å². The number of hydrogen-bond donors (Lipinski definition) is 1. The molecule has 0 aromatic heterocycles. The Hall–Kier alpha value is -3.29. The van der Waals surface area contributed by atoms with Gasteiger partial charge in [0.05, 0.1) is 32.5 Å². The number of dihydropyridines is 1. The maximum absolute atomic E-state index is 13.7. The number of allylic oxidation sites excluding steroid dienone is 3. The van der Waals surface area contributed by atoms with Gasteiger partial charge < -0.3 is 24.3 Å². The van der Waals surface area contributed by atoms with Crippen LogP contribution in [-0.4, -0.2) is 44.7 Å². The van der Waals surface area contributed by atoms with E-state index in [1.807, 2.05) is 19.9 Å². The molecular weight excluding hydrogens is 438 g/mol. The average molecular weight is 472 g/mol. The Kier molecular flexibility index (Phi) is 7.69. The second-order valence-electron chi connectivity index (χ2n) is 8.83. The molecule has 0 spiro atoms. The van der Waals surface area contributed by atoms with Crippen molar-refractivity contribution in [3.8, 4) is 11.5 Å². The minimum Gasteiger partial charge on any atom is -0.493 e. The van der Waals surface area contributed by atoms with Gasteiger partial charge in [-0.2, -0.15) is 0 Å². The van der Waals surface area contributed by atoms with Crippen molar-refractivity contribution in [3.05, 3.63) is 46.3 Å². The van der Waals surface area contributed by atoms with Crippen LogP contribution >= 0.6 is 0 Å². The number of ether oxygens (including phenoxy) is 4. The summed E-state index contributed by atoms with van der Waals surface area (Å²) in [7, 11) is 2.81. The summed E-state index contributed by atoms with van der Waals surface area (Å²) < 4.78 is 21.6. The number of methoxy groups -OCH3 is 2. The minimum absolute atomic E-state index is 0.251. The summed E-state index contributed by atoms with van der Waals surface area (Å²) in [6.45, 7) is 9.51. The van der Waals surface area contributed by atoms with Gasteiger partial charge in [0.25, 0.3) is 0 Å². The van der Waals surface area contributed by atoms with Crippen LogP contribution < -0.4 is 14.8 Å². The maximum atomic E-state index is 13.7. The first kappa shape index (κ1) is 25.3. The molecule has 0 fully saturated rings. The zero-order valence-corrected chi connectivity index (χ0v) is 20.8. The van der Waals surface area contributed by atoms with Crippen LogP contribution in [0.2, 0.25) is 0 Å². The van der Waals surface area contributed by atoms with E-state index in [1.165, 1.54) is 14.2 Å². The summed E-state index contributed by atoms with van der Waals surface area (Å²) in [6.07, 6.45) is 0.124. The van der Waals surface area contributed by atoms with E-state index in [2.05, 4.69) is 5.32 Å². The molecule has 3 rings (SSSR count). The van der Waals surface area contributed by atoms with E-state index in [1.54, 1.807) is 32.9 Å². The first-order chi connectivity index (χ1) is 16.1. The first-order valence-corrected chi connectivity index (χ1v) is 11.5. The predicted octanol–water partition coefficient (Wildman–Crippen LogP) is 3.66. The number of nitrogens with one attached hydrogen (secondary N) is 1.